The highest BCUT2D eigenvalue weighted by Gasteiger charge is 2.03. The van der Waals surface area contributed by atoms with Crippen molar-refractivity contribution in [2.24, 2.45) is 4.99 Å². The van der Waals surface area contributed by atoms with Crippen molar-refractivity contribution in [3.8, 4) is 0 Å². The summed E-state index contributed by atoms with van der Waals surface area (Å²) in [6.45, 7) is 1.38. The Hall–Kier alpha value is -1.86. The van der Waals surface area contributed by atoms with Crippen LogP contribution in [0.25, 0.3) is 0 Å². The Labute approximate surface area is 161 Å². The van der Waals surface area contributed by atoms with Crippen LogP contribution < -0.4 is 10.6 Å². The van der Waals surface area contributed by atoms with Gasteiger partial charge in [-0.15, -0.1) is 11.8 Å². The summed E-state index contributed by atoms with van der Waals surface area (Å²) in [6, 6.07) is 16.0. The summed E-state index contributed by atoms with van der Waals surface area (Å²) in [5.41, 5.74) is 0. The van der Waals surface area contributed by atoms with Gasteiger partial charge in [0.25, 0.3) is 0 Å². The number of halogens is 1. The Bertz CT molecular complexity index is 708. The molecule has 0 aromatic heterocycles. The second-order valence-corrected chi connectivity index (χ2v) is 8.18. The number of benzene rings is 2. The number of nitrogens with one attached hydrogen (secondary N) is 2. The summed E-state index contributed by atoms with van der Waals surface area (Å²) < 4.78 is 25.0. The molecule has 0 heterocycles. The molecule has 0 aliphatic rings. The van der Waals surface area contributed by atoms with E-state index in [4.69, 9.17) is 0 Å². The second-order valence-electron chi connectivity index (χ2n) is 5.44. The molecule has 0 radical (unpaired) electrons. The molecule has 0 saturated heterocycles. The maximum atomic E-state index is 12.8. The van der Waals surface area contributed by atoms with Crippen molar-refractivity contribution in [2.75, 3.05) is 31.6 Å². The maximum Gasteiger partial charge on any atom is 0.191 e. The van der Waals surface area contributed by atoms with Gasteiger partial charge in [0.2, 0.25) is 0 Å². The van der Waals surface area contributed by atoms with Crippen LogP contribution in [0.1, 0.15) is 6.42 Å². The Balaban J connectivity index is 1.59. The van der Waals surface area contributed by atoms with Gasteiger partial charge in [-0.05, 0) is 48.6 Å². The number of hydrogen-bond donors (Lipinski definition) is 2. The fraction of sp³-hybridized carbons (Fsp3) is 0.316. The molecule has 0 aliphatic carbocycles. The first-order valence-electron chi connectivity index (χ1n) is 8.45. The van der Waals surface area contributed by atoms with Crippen LogP contribution in [0.3, 0.4) is 0 Å². The van der Waals surface area contributed by atoms with Crippen molar-refractivity contribution in [1.29, 1.82) is 0 Å². The molecule has 0 spiro atoms. The Morgan fingerprint density at radius 2 is 1.77 bits per heavy atom. The summed E-state index contributed by atoms with van der Waals surface area (Å²) in [6.07, 6.45) is 0.957. The van der Waals surface area contributed by atoms with Crippen molar-refractivity contribution in [3.05, 3.63) is 60.4 Å². The van der Waals surface area contributed by atoms with E-state index in [0.717, 1.165) is 28.5 Å². The molecule has 2 rings (SSSR count). The van der Waals surface area contributed by atoms with Crippen LogP contribution in [-0.4, -0.2) is 41.8 Å². The molecule has 0 aliphatic heterocycles. The lowest BCUT2D eigenvalue weighted by Gasteiger charge is -2.11. The van der Waals surface area contributed by atoms with Gasteiger partial charge in [-0.2, -0.15) is 0 Å². The molecule has 26 heavy (non-hydrogen) atoms. The van der Waals surface area contributed by atoms with Crippen LogP contribution in [0.4, 0.5) is 4.39 Å². The molecule has 140 valence electrons. The molecule has 0 saturated carbocycles. The van der Waals surface area contributed by atoms with Crippen molar-refractivity contribution < 1.29 is 8.60 Å². The smallest absolute Gasteiger partial charge is 0.191 e. The van der Waals surface area contributed by atoms with Gasteiger partial charge in [-0.25, -0.2) is 4.39 Å². The van der Waals surface area contributed by atoms with E-state index in [2.05, 4.69) is 15.6 Å². The number of thioether (sulfide) groups is 1. The minimum atomic E-state index is -1.01. The molecule has 2 aromatic rings. The van der Waals surface area contributed by atoms with Crippen molar-refractivity contribution in [1.82, 2.24) is 10.6 Å². The van der Waals surface area contributed by atoms with Gasteiger partial charge in [0, 0.05) is 35.7 Å². The number of aliphatic imine (C=N–C) groups is 1. The molecule has 7 heteroatoms. The van der Waals surface area contributed by atoms with E-state index in [1.807, 2.05) is 30.3 Å². The normalized spacial score (nSPS) is 12.6. The fourth-order valence-electron chi connectivity index (χ4n) is 2.17. The monoisotopic (exact) mass is 393 g/mol. The minimum Gasteiger partial charge on any atom is -0.356 e. The maximum absolute atomic E-state index is 12.8. The highest BCUT2D eigenvalue weighted by Crippen LogP contribution is 2.18. The van der Waals surface area contributed by atoms with E-state index in [9.17, 15) is 8.60 Å². The van der Waals surface area contributed by atoms with Gasteiger partial charge >= 0.3 is 0 Å². The number of guanidine groups is 1. The number of hydrogen-bond acceptors (Lipinski definition) is 3. The molecule has 4 nitrogen and oxygen atoms in total. The van der Waals surface area contributed by atoms with Crippen molar-refractivity contribution >= 4 is 28.5 Å². The predicted molar refractivity (Wildman–Crippen MR) is 109 cm³/mol. The van der Waals surface area contributed by atoms with E-state index < -0.39 is 10.8 Å². The average Bonchev–Trinajstić information content (AvgIpc) is 2.68. The fourth-order valence-corrected chi connectivity index (χ4v) is 4.01. The van der Waals surface area contributed by atoms with Gasteiger partial charge in [-0.1, -0.05) is 18.2 Å². The average molecular weight is 394 g/mol. The van der Waals surface area contributed by atoms with Crippen molar-refractivity contribution in [2.45, 2.75) is 16.2 Å². The SMILES string of the molecule is CN=C(NCCCSc1ccc(F)cc1)NCCS(=O)c1ccccc1. The van der Waals surface area contributed by atoms with E-state index in [0.29, 0.717) is 18.3 Å². The minimum absolute atomic E-state index is 0.209. The Morgan fingerprint density at radius 3 is 2.46 bits per heavy atom. The summed E-state index contributed by atoms with van der Waals surface area (Å²) in [5.74, 6) is 1.97. The molecule has 2 N–H and O–H groups in total. The zero-order valence-corrected chi connectivity index (χ0v) is 16.4. The van der Waals surface area contributed by atoms with Gasteiger partial charge < -0.3 is 10.6 Å². The van der Waals surface area contributed by atoms with E-state index in [-0.39, 0.29) is 5.82 Å². The molecule has 1 atom stereocenters. The number of rotatable bonds is 9. The van der Waals surface area contributed by atoms with Crippen LogP contribution >= 0.6 is 11.8 Å². The lowest BCUT2D eigenvalue weighted by Crippen LogP contribution is -2.39. The third kappa shape index (κ3) is 7.58. The standard InChI is InChI=1S/C19H24FN3OS2/c1-21-19(23-13-15-26(24)18-6-3-2-4-7-18)22-12-5-14-25-17-10-8-16(20)9-11-17/h2-4,6-11H,5,12-15H2,1H3,(H2,21,22,23). The van der Waals surface area contributed by atoms with Gasteiger partial charge in [-0.3, -0.25) is 9.20 Å². The Kier molecular flexibility index (Phi) is 9.20. The van der Waals surface area contributed by atoms with Crippen LogP contribution in [0.15, 0.2) is 69.4 Å². The van der Waals surface area contributed by atoms with E-state index in [1.165, 1.54) is 12.1 Å². The second kappa shape index (κ2) is 11.7. The van der Waals surface area contributed by atoms with Crippen LogP contribution in [-0.2, 0) is 10.8 Å². The van der Waals surface area contributed by atoms with Crippen molar-refractivity contribution in [3.63, 3.8) is 0 Å². The first kappa shape index (κ1) is 20.5. The summed E-state index contributed by atoms with van der Waals surface area (Å²) in [5, 5.41) is 6.43. The third-order valence-corrected chi connectivity index (χ3v) is 5.98. The topological polar surface area (TPSA) is 53.5 Å². The summed E-state index contributed by atoms with van der Waals surface area (Å²) in [7, 11) is 0.710. The third-order valence-electron chi connectivity index (χ3n) is 3.51. The number of nitrogens with zero attached hydrogens (tertiary/aromatic N) is 1. The lowest BCUT2D eigenvalue weighted by molar-refractivity contribution is 0.626. The largest absolute Gasteiger partial charge is 0.356 e. The Morgan fingerprint density at radius 1 is 1.08 bits per heavy atom. The van der Waals surface area contributed by atoms with Crippen LogP contribution in [0, 0.1) is 5.82 Å². The van der Waals surface area contributed by atoms with E-state index in [1.54, 1.807) is 30.9 Å². The molecule has 0 bridgehead atoms. The summed E-state index contributed by atoms with van der Waals surface area (Å²) in [4.78, 5) is 6.08. The van der Waals surface area contributed by atoms with Gasteiger partial charge in [0.15, 0.2) is 5.96 Å². The first-order valence-corrected chi connectivity index (χ1v) is 10.8. The van der Waals surface area contributed by atoms with Crippen LogP contribution in [0.2, 0.25) is 0 Å². The highest BCUT2D eigenvalue weighted by molar-refractivity contribution is 7.99. The zero-order chi connectivity index (χ0) is 18.6. The van der Waals surface area contributed by atoms with Crippen LogP contribution in [0.5, 0.6) is 0 Å². The molecular formula is C19H24FN3OS2. The quantitative estimate of drug-likeness (QED) is 0.297. The lowest BCUT2D eigenvalue weighted by atomic mass is 10.4. The summed E-state index contributed by atoms with van der Waals surface area (Å²) >= 11 is 1.70. The highest BCUT2D eigenvalue weighted by atomic mass is 32.2. The predicted octanol–water partition coefficient (Wildman–Crippen LogP) is 3.28. The first-order chi connectivity index (χ1) is 12.7. The van der Waals surface area contributed by atoms with E-state index >= 15 is 0 Å². The molecule has 2 aromatic carbocycles. The molecule has 0 amide bonds. The van der Waals surface area contributed by atoms with Gasteiger partial charge in [0.05, 0.1) is 10.8 Å². The van der Waals surface area contributed by atoms with Gasteiger partial charge in [0.1, 0.15) is 5.82 Å². The molecule has 0 fully saturated rings. The zero-order valence-electron chi connectivity index (χ0n) is 14.8. The molecular weight excluding hydrogens is 369 g/mol. The molecule has 1 unspecified atom stereocenters.